The van der Waals surface area contributed by atoms with Crippen LogP contribution in [0.1, 0.15) is 13.3 Å². The molecule has 0 saturated heterocycles. The second-order valence-electron chi connectivity index (χ2n) is 4.44. The minimum absolute atomic E-state index is 0.0581. The lowest BCUT2D eigenvalue weighted by atomic mass is 10.1. The third kappa shape index (κ3) is 3.30. The van der Waals surface area contributed by atoms with E-state index in [1.54, 1.807) is 19.1 Å². The maximum absolute atomic E-state index is 12.2. The van der Waals surface area contributed by atoms with E-state index in [2.05, 4.69) is 13.4 Å². The molecule has 2 rings (SSSR count). The molecule has 1 heterocycles. The van der Waals surface area contributed by atoms with Crippen molar-refractivity contribution in [3.05, 3.63) is 18.2 Å². The Balaban J connectivity index is 2.14. The van der Waals surface area contributed by atoms with E-state index >= 15 is 0 Å². The van der Waals surface area contributed by atoms with Crippen LogP contribution in [0.2, 0.25) is 0 Å². The van der Waals surface area contributed by atoms with Gasteiger partial charge in [0.1, 0.15) is 16.3 Å². The zero-order valence-corrected chi connectivity index (χ0v) is 12.2. The fourth-order valence-corrected chi connectivity index (χ4v) is 3.63. The van der Waals surface area contributed by atoms with E-state index in [0.717, 1.165) is 11.4 Å². The number of rotatable bonds is 6. The van der Waals surface area contributed by atoms with Gasteiger partial charge in [0.05, 0.1) is 11.4 Å². The van der Waals surface area contributed by atoms with Crippen molar-refractivity contribution in [3.8, 4) is 0 Å². The van der Waals surface area contributed by atoms with E-state index in [4.69, 9.17) is 5.11 Å². The first kappa shape index (κ1) is 14.8. The molecule has 1 aliphatic heterocycles. The SMILES string of the molecule is CC(CNS(=O)(=O)c1cccc2c1N=S=N2)CC(=O)O. The number of benzene rings is 1. The fourth-order valence-electron chi connectivity index (χ4n) is 1.70. The van der Waals surface area contributed by atoms with Crippen LogP contribution < -0.4 is 4.72 Å². The number of sulfonamides is 1. The Morgan fingerprint density at radius 1 is 1.45 bits per heavy atom. The zero-order valence-electron chi connectivity index (χ0n) is 10.6. The molecule has 0 fully saturated rings. The largest absolute Gasteiger partial charge is 0.481 e. The highest BCUT2D eigenvalue weighted by atomic mass is 32.2. The van der Waals surface area contributed by atoms with Crippen molar-refractivity contribution < 1.29 is 18.3 Å². The molecule has 0 bridgehead atoms. The van der Waals surface area contributed by atoms with Crippen LogP contribution in [0.25, 0.3) is 0 Å². The van der Waals surface area contributed by atoms with Crippen molar-refractivity contribution in [1.29, 1.82) is 0 Å². The molecule has 1 aromatic carbocycles. The molecule has 1 unspecified atom stereocenters. The third-order valence-electron chi connectivity index (χ3n) is 2.68. The average Bonchev–Trinajstić information content (AvgIpc) is 2.83. The second-order valence-corrected chi connectivity index (χ2v) is 6.71. The first-order chi connectivity index (χ1) is 9.40. The summed E-state index contributed by atoms with van der Waals surface area (Å²) >= 11 is 0.946. The molecule has 9 heteroatoms. The zero-order chi connectivity index (χ0) is 14.8. The molecule has 108 valence electrons. The van der Waals surface area contributed by atoms with Crippen LogP contribution in [0.4, 0.5) is 11.4 Å². The first-order valence-electron chi connectivity index (χ1n) is 5.83. The van der Waals surface area contributed by atoms with Gasteiger partial charge in [-0.1, -0.05) is 13.0 Å². The lowest BCUT2D eigenvalue weighted by Crippen LogP contribution is -2.29. The lowest BCUT2D eigenvalue weighted by molar-refractivity contribution is -0.137. The van der Waals surface area contributed by atoms with Crippen molar-refractivity contribution in [1.82, 2.24) is 4.72 Å². The highest BCUT2D eigenvalue weighted by molar-refractivity contribution is 7.89. The summed E-state index contributed by atoms with van der Waals surface area (Å²) in [5.41, 5.74) is 0.854. The molecular formula is C11H13N3O4S2. The molecule has 2 N–H and O–H groups in total. The summed E-state index contributed by atoms with van der Waals surface area (Å²) in [6, 6.07) is 4.73. The summed E-state index contributed by atoms with van der Waals surface area (Å²) in [7, 11) is -3.73. The molecule has 7 nitrogen and oxygen atoms in total. The molecule has 0 saturated carbocycles. The van der Waals surface area contributed by atoms with Gasteiger partial charge in [-0.3, -0.25) is 4.79 Å². The van der Waals surface area contributed by atoms with Crippen LogP contribution in [0.15, 0.2) is 31.8 Å². The van der Waals surface area contributed by atoms with Crippen molar-refractivity contribution in [2.24, 2.45) is 14.6 Å². The number of hydrogen-bond donors (Lipinski definition) is 2. The minimum Gasteiger partial charge on any atom is -0.481 e. The van der Waals surface area contributed by atoms with Crippen molar-refractivity contribution in [2.45, 2.75) is 18.2 Å². The monoisotopic (exact) mass is 315 g/mol. The van der Waals surface area contributed by atoms with E-state index in [-0.39, 0.29) is 23.8 Å². The lowest BCUT2D eigenvalue weighted by Gasteiger charge is -2.12. The highest BCUT2D eigenvalue weighted by Crippen LogP contribution is 2.37. The Morgan fingerprint density at radius 2 is 2.20 bits per heavy atom. The van der Waals surface area contributed by atoms with E-state index in [0.29, 0.717) is 11.4 Å². The van der Waals surface area contributed by atoms with Gasteiger partial charge in [0.15, 0.2) is 0 Å². The average molecular weight is 315 g/mol. The number of carboxylic acid groups (broad SMARTS) is 1. The Bertz CT molecular complexity index is 708. The number of nitrogens with zero attached hydrogens (tertiary/aromatic N) is 2. The van der Waals surface area contributed by atoms with Gasteiger partial charge in [0.2, 0.25) is 10.0 Å². The highest BCUT2D eigenvalue weighted by Gasteiger charge is 2.23. The van der Waals surface area contributed by atoms with Crippen LogP contribution in [0.5, 0.6) is 0 Å². The summed E-state index contributed by atoms with van der Waals surface area (Å²) in [6.07, 6.45) is -0.0923. The molecule has 0 radical (unpaired) electrons. The minimum atomic E-state index is -3.73. The molecular weight excluding hydrogens is 302 g/mol. The van der Waals surface area contributed by atoms with E-state index in [1.807, 2.05) is 0 Å². The van der Waals surface area contributed by atoms with Crippen LogP contribution in [-0.2, 0) is 26.2 Å². The Hall–Kier alpha value is -1.58. The maximum Gasteiger partial charge on any atom is 0.303 e. The summed E-state index contributed by atoms with van der Waals surface area (Å²) in [6.45, 7) is 1.73. The Morgan fingerprint density at radius 3 is 2.90 bits per heavy atom. The Labute approximate surface area is 120 Å². The number of carboxylic acids is 1. The molecule has 1 atom stereocenters. The van der Waals surface area contributed by atoms with Crippen LogP contribution in [0, 0.1) is 5.92 Å². The van der Waals surface area contributed by atoms with E-state index in [9.17, 15) is 13.2 Å². The second kappa shape index (κ2) is 5.81. The molecule has 0 spiro atoms. The van der Waals surface area contributed by atoms with Gasteiger partial charge in [0, 0.05) is 13.0 Å². The molecule has 1 aliphatic rings. The molecule has 20 heavy (non-hydrogen) atoms. The standard InChI is InChI=1S/C11H13N3O4S2/c1-7(5-10(15)16)6-12-20(17,18)9-4-2-3-8-11(9)14-19-13-8/h2-4,7,12H,5-6H2,1H3,(H,15,16). The van der Waals surface area contributed by atoms with Crippen LogP contribution in [-0.4, -0.2) is 26.0 Å². The van der Waals surface area contributed by atoms with Gasteiger partial charge >= 0.3 is 5.97 Å². The fraction of sp³-hybridized carbons (Fsp3) is 0.364. The van der Waals surface area contributed by atoms with Crippen LogP contribution >= 0.6 is 0 Å². The number of aliphatic carboxylic acids is 1. The van der Waals surface area contributed by atoms with Gasteiger partial charge in [-0.2, -0.15) is 8.73 Å². The quantitative estimate of drug-likeness (QED) is 0.847. The molecule has 0 amide bonds. The predicted molar refractivity (Wildman–Crippen MR) is 74.6 cm³/mol. The predicted octanol–water partition coefficient (Wildman–Crippen LogP) is 1.80. The summed E-state index contributed by atoms with van der Waals surface area (Å²) in [5, 5.41) is 8.65. The van der Waals surface area contributed by atoms with E-state index in [1.165, 1.54) is 6.07 Å². The number of carbonyl (C=O) groups is 1. The smallest absolute Gasteiger partial charge is 0.303 e. The van der Waals surface area contributed by atoms with Crippen molar-refractivity contribution in [3.63, 3.8) is 0 Å². The van der Waals surface area contributed by atoms with Gasteiger partial charge in [-0.25, -0.2) is 13.1 Å². The molecule has 0 aromatic heterocycles. The van der Waals surface area contributed by atoms with Crippen LogP contribution in [0.3, 0.4) is 0 Å². The third-order valence-corrected chi connectivity index (χ3v) is 4.68. The number of nitrogens with one attached hydrogen (secondary N) is 1. The van der Waals surface area contributed by atoms with Gasteiger partial charge in [-0.05, 0) is 18.1 Å². The van der Waals surface area contributed by atoms with Gasteiger partial charge in [0.25, 0.3) is 0 Å². The Kier molecular flexibility index (Phi) is 4.31. The van der Waals surface area contributed by atoms with E-state index < -0.39 is 16.0 Å². The van der Waals surface area contributed by atoms with Gasteiger partial charge < -0.3 is 5.11 Å². The summed E-state index contributed by atoms with van der Waals surface area (Å²) in [4.78, 5) is 10.6. The van der Waals surface area contributed by atoms with Crippen molar-refractivity contribution >= 4 is 38.7 Å². The van der Waals surface area contributed by atoms with Gasteiger partial charge in [-0.15, -0.1) is 0 Å². The number of fused-ring (bicyclic) bond motifs is 1. The molecule has 0 aliphatic carbocycles. The topological polar surface area (TPSA) is 108 Å². The maximum atomic E-state index is 12.2. The molecule has 1 aromatic rings. The van der Waals surface area contributed by atoms with Crippen molar-refractivity contribution in [2.75, 3.05) is 6.54 Å². The summed E-state index contributed by atoms with van der Waals surface area (Å²) in [5.74, 6) is -1.25. The number of hydrogen-bond acceptors (Lipinski definition) is 5. The first-order valence-corrected chi connectivity index (χ1v) is 8.04. The summed E-state index contributed by atoms with van der Waals surface area (Å²) < 4.78 is 34.8. The normalized spacial score (nSPS) is 14.7.